The fourth-order valence-electron chi connectivity index (χ4n) is 1.65. The fourth-order valence-corrected chi connectivity index (χ4v) is 1.65. The van der Waals surface area contributed by atoms with Crippen LogP contribution < -0.4 is 0 Å². The van der Waals surface area contributed by atoms with Gasteiger partial charge in [0.05, 0.1) is 0 Å². The molecule has 80 valence electrons. The highest BCUT2D eigenvalue weighted by Gasteiger charge is 2.09. The summed E-state index contributed by atoms with van der Waals surface area (Å²) in [7, 11) is 2.12. The third-order valence-electron chi connectivity index (χ3n) is 2.37. The Hall–Kier alpha value is -0.980. The zero-order chi connectivity index (χ0) is 11.0. The minimum absolute atomic E-state index is 1.14. The van der Waals surface area contributed by atoms with Crippen LogP contribution in [0.2, 0.25) is 0 Å². The number of hydrogen-bond donors (Lipinski definition) is 0. The van der Waals surface area contributed by atoms with Crippen molar-refractivity contribution in [2.45, 2.75) is 33.1 Å². The van der Waals surface area contributed by atoms with Crippen molar-refractivity contribution in [1.29, 1.82) is 0 Å². The molecule has 0 aromatic rings. The maximum atomic E-state index is 3.83. The van der Waals surface area contributed by atoms with Crippen LogP contribution in [0.1, 0.15) is 33.1 Å². The Labute approximate surface area is 88.8 Å². The van der Waals surface area contributed by atoms with Crippen molar-refractivity contribution in [3.05, 3.63) is 36.6 Å². The van der Waals surface area contributed by atoms with E-state index in [9.17, 15) is 0 Å². The van der Waals surface area contributed by atoms with Gasteiger partial charge in [0.15, 0.2) is 0 Å². The summed E-state index contributed by atoms with van der Waals surface area (Å²) in [5.41, 5.74) is 2.59. The lowest BCUT2D eigenvalue weighted by molar-refractivity contribution is 0.426. The molecule has 1 aliphatic rings. The molecule has 0 radical (unpaired) electrons. The van der Waals surface area contributed by atoms with Gasteiger partial charge in [-0.25, -0.2) is 0 Å². The Bertz CT molecular complexity index is 213. The van der Waals surface area contributed by atoms with Gasteiger partial charge >= 0.3 is 0 Å². The fraction of sp³-hybridized carbons (Fsp3) is 0.538. The monoisotopic (exact) mass is 193 g/mol. The van der Waals surface area contributed by atoms with E-state index >= 15 is 0 Å². The number of likely N-dealkylation sites (N-methyl/N-ethyl adjacent to an activating group) is 1. The summed E-state index contributed by atoms with van der Waals surface area (Å²) in [5, 5.41) is 0. The molecule has 0 aromatic heterocycles. The lowest BCUT2D eigenvalue weighted by Gasteiger charge is -2.19. The Morgan fingerprint density at radius 2 is 1.79 bits per heavy atom. The quantitative estimate of drug-likeness (QED) is 0.645. The van der Waals surface area contributed by atoms with Gasteiger partial charge in [0.1, 0.15) is 0 Å². The molecule has 0 aromatic carbocycles. The van der Waals surface area contributed by atoms with Gasteiger partial charge in [-0.1, -0.05) is 33.1 Å². The van der Waals surface area contributed by atoms with Crippen LogP contribution in [-0.4, -0.2) is 18.5 Å². The van der Waals surface area contributed by atoms with Crippen molar-refractivity contribution >= 4 is 0 Å². The summed E-state index contributed by atoms with van der Waals surface area (Å²) in [6.45, 7) is 12.8. The first-order valence-corrected chi connectivity index (χ1v) is 5.48. The van der Waals surface area contributed by atoms with E-state index in [0.717, 1.165) is 13.0 Å². The molecule has 0 bridgehead atoms. The van der Waals surface area contributed by atoms with Gasteiger partial charge in [0, 0.05) is 19.3 Å². The van der Waals surface area contributed by atoms with Crippen molar-refractivity contribution in [2.24, 2.45) is 0 Å². The van der Waals surface area contributed by atoms with Crippen LogP contribution in [0.25, 0.3) is 0 Å². The third-order valence-corrected chi connectivity index (χ3v) is 2.37. The number of hydrogen-bond acceptors (Lipinski definition) is 1. The molecular formula is C13H23N. The van der Waals surface area contributed by atoms with E-state index < -0.39 is 0 Å². The molecule has 1 nitrogen and oxygen atoms in total. The molecule has 0 fully saturated rings. The molecule has 0 N–H and O–H groups in total. The van der Waals surface area contributed by atoms with Crippen LogP contribution in [0.3, 0.4) is 0 Å². The third kappa shape index (κ3) is 3.41. The van der Waals surface area contributed by atoms with Gasteiger partial charge < -0.3 is 4.90 Å². The van der Waals surface area contributed by atoms with Crippen LogP contribution in [0.4, 0.5) is 0 Å². The van der Waals surface area contributed by atoms with Crippen LogP contribution in [0.5, 0.6) is 0 Å². The van der Waals surface area contributed by atoms with Gasteiger partial charge in [0.2, 0.25) is 0 Å². The van der Waals surface area contributed by atoms with E-state index in [1.165, 1.54) is 24.1 Å². The zero-order valence-corrected chi connectivity index (χ0v) is 9.84. The topological polar surface area (TPSA) is 3.24 Å². The Morgan fingerprint density at radius 1 is 1.14 bits per heavy atom. The van der Waals surface area contributed by atoms with Gasteiger partial charge in [-0.3, -0.25) is 0 Å². The predicted molar refractivity (Wildman–Crippen MR) is 65.2 cm³/mol. The second-order valence-corrected chi connectivity index (χ2v) is 3.20. The van der Waals surface area contributed by atoms with Crippen molar-refractivity contribution < 1.29 is 0 Å². The van der Waals surface area contributed by atoms with E-state index in [1.807, 2.05) is 26.0 Å². The highest BCUT2D eigenvalue weighted by Crippen LogP contribution is 2.21. The molecule has 1 rings (SSSR count). The minimum Gasteiger partial charge on any atom is -0.374 e. The SMILES string of the molecule is C=CC1=C(C=C)N(C)CCCC1.CC. The lowest BCUT2D eigenvalue weighted by atomic mass is 10.1. The molecule has 1 heteroatoms. The van der Waals surface area contributed by atoms with E-state index in [0.29, 0.717) is 0 Å². The Balaban J connectivity index is 0.000000791. The summed E-state index contributed by atoms with van der Waals surface area (Å²) in [4.78, 5) is 2.26. The normalized spacial score (nSPS) is 16.6. The second kappa shape index (κ2) is 7.43. The Kier molecular flexibility index (Phi) is 6.91. The van der Waals surface area contributed by atoms with Crippen molar-refractivity contribution in [2.75, 3.05) is 13.6 Å². The van der Waals surface area contributed by atoms with Crippen LogP contribution in [0, 0.1) is 0 Å². The van der Waals surface area contributed by atoms with E-state index in [1.54, 1.807) is 0 Å². The summed E-state index contributed by atoms with van der Waals surface area (Å²) < 4.78 is 0. The molecule has 0 saturated heterocycles. The van der Waals surface area contributed by atoms with Gasteiger partial charge in [0.25, 0.3) is 0 Å². The van der Waals surface area contributed by atoms with Crippen LogP contribution >= 0.6 is 0 Å². The van der Waals surface area contributed by atoms with Gasteiger partial charge in [-0.2, -0.15) is 0 Å². The zero-order valence-electron chi connectivity index (χ0n) is 9.84. The molecule has 1 aliphatic heterocycles. The Morgan fingerprint density at radius 3 is 2.29 bits per heavy atom. The van der Waals surface area contributed by atoms with Crippen LogP contribution in [0.15, 0.2) is 36.6 Å². The molecule has 0 atom stereocenters. The summed E-state index contributed by atoms with van der Waals surface area (Å²) in [5.74, 6) is 0. The minimum atomic E-state index is 1.14. The first kappa shape index (κ1) is 13.0. The standard InChI is InChI=1S/C11H17N.C2H6/c1-4-10-8-6-7-9-12(3)11(10)5-2;1-2/h4-5H,1-2,6-9H2,3H3;1-2H3. The van der Waals surface area contributed by atoms with Crippen LogP contribution in [-0.2, 0) is 0 Å². The maximum Gasteiger partial charge on any atom is 0.0389 e. The molecule has 0 saturated carbocycles. The first-order valence-electron chi connectivity index (χ1n) is 5.48. The van der Waals surface area contributed by atoms with Gasteiger partial charge in [-0.05, 0) is 30.9 Å². The molecule has 0 aliphatic carbocycles. The molecule has 0 unspecified atom stereocenters. The van der Waals surface area contributed by atoms with E-state index in [4.69, 9.17) is 0 Å². The summed E-state index contributed by atoms with van der Waals surface area (Å²) in [6, 6.07) is 0. The largest absolute Gasteiger partial charge is 0.374 e. The highest BCUT2D eigenvalue weighted by molar-refractivity contribution is 5.30. The first-order chi connectivity index (χ1) is 6.79. The maximum absolute atomic E-state index is 3.83. The molecule has 0 amide bonds. The molecule has 14 heavy (non-hydrogen) atoms. The molecular weight excluding hydrogens is 170 g/mol. The highest BCUT2D eigenvalue weighted by atomic mass is 15.1. The average molecular weight is 193 g/mol. The van der Waals surface area contributed by atoms with E-state index in [-0.39, 0.29) is 0 Å². The molecule has 0 spiro atoms. The van der Waals surface area contributed by atoms with Crippen molar-refractivity contribution in [3.8, 4) is 0 Å². The van der Waals surface area contributed by atoms with Gasteiger partial charge in [-0.15, -0.1) is 0 Å². The summed E-state index contributed by atoms with van der Waals surface area (Å²) >= 11 is 0. The average Bonchev–Trinajstić information content (AvgIpc) is 2.42. The number of rotatable bonds is 2. The second-order valence-electron chi connectivity index (χ2n) is 3.20. The van der Waals surface area contributed by atoms with E-state index in [2.05, 4.69) is 25.1 Å². The number of nitrogens with zero attached hydrogens (tertiary/aromatic N) is 1. The predicted octanol–water partition coefficient (Wildman–Crippen LogP) is 3.75. The smallest absolute Gasteiger partial charge is 0.0389 e. The summed E-state index contributed by atoms with van der Waals surface area (Å²) in [6.07, 6.45) is 7.57. The van der Waals surface area contributed by atoms with Crippen molar-refractivity contribution in [3.63, 3.8) is 0 Å². The molecule has 1 heterocycles. The number of allylic oxidation sites excluding steroid dienone is 3. The lowest BCUT2D eigenvalue weighted by Crippen LogP contribution is -2.17. The van der Waals surface area contributed by atoms with Crippen molar-refractivity contribution in [1.82, 2.24) is 4.90 Å².